The zero-order valence-electron chi connectivity index (χ0n) is 15.7. The Morgan fingerprint density at radius 3 is 2.78 bits per heavy atom. The van der Waals surface area contributed by atoms with Crippen LogP contribution in [0.4, 0.5) is 4.79 Å². The van der Waals surface area contributed by atoms with Gasteiger partial charge in [-0.3, -0.25) is 4.90 Å². The molecule has 140 valence electrons. The minimum absolute atomic E-state index is 0.101. The van der Waals surface area contributed by atoms with Crippen molar-refractivity contribution in [3.8, 4) is 5.88 Å². The standard InChI is InChI=1S/C22H24N2O3/c1-15-10-18(13-23-21(15)26-2)17-11-19-8-9-20(12-17)24(19)22(25)27-14-16-6-4-3-5-7-16/h3-7,10-11,13,19-20H,8-9,12,14H2,1-2H3. The quantitative estimate of drug-likeness (QED) is 0.809. The molecule has 2 bridgehead atoms. The van der Waals surface area contributed by atoms with E-state index in [1.54, 1.807) is 7.11 Å². The molecule has 0 spiro atoms. The molecule has 0 saturated carbocycles. The first kappa shape index (κ1) is 17.6. The van der Waals surface area contributed by atoms with Crippen LogP contribution in [-0.4, -0.2) is 35.2 Å². The van der Waals surface area contributed by atoms with Gasteiger partial charge in [-0.05, 0) is 49.0 Å². The zero-order chi connectivity index (χ0) is 18.8. The van der Waals surface area contributed by atoms with Crippen molar-refractivity contribution in [2.24, 2.45) is 0 Å². The molecule has 1 fully saturated rings. The van der Waals surface area contributed by atoms with Crippen LogP contribution in [0.1, 0.15) is 36.0 Å². The molecule has 1 saturated heterocycles. The molecule has 2 aliphatic heterocycles. The van der Waals surface area contributed by atoms with E-state index in [0.29, 0.717) is 12.5 Å². The predicted molar refractivity (Wildman–Crippen MR) is 103 cm³/mol. The highest BCUT2D eigenvalue weighted by atomic mass is 16.6. The van der Waals surface area contributed by atoms with Crippen LogP contribution in [0.2, 0.25) is 0 Å². The number of hydrogen-bond acceptors (Lipinski definition) is 4. The van der Waals surface area contributed by atoms with E-state index in [4.69, 9.17) is 9.47 Å². The fourth-order valence-electron chi connectivity index (χ4n) is 4.07. The molecule has 0 radical (unpaired) electrons. The second kappa shape index (κ2) is 7.43. The Bertz CT molecular complexity index is 863. The average molecular weight is 364 g/mol. The van der Waals surface area contributed by atoms with E-state index in [0.717, 1.165) is 36.0 Å². The summed E-state index contributed by atoms with van der Waals surface area (Å²) in [5.74, 6) is 0.657. The monoisotopic (exact) mass is 364 g/mol. The summed E-state index contributed by atoms with van der Waals surface area (Å²) >= 11 is 0. The molecule has 5 heteroatoms. The van der Waals surface area contributed by atoms with Crippen LogP contribution in [0, 0.1) is 6.92 Å². The first-order valence-electron chi connectivity index (χ1n) is 9.36. The van der Waals surface area contributed by atoms with Crippen molar-refractivity contribution in [1.29, 1.82) is 0 Å². The number of benzene rings is 1. The molecule has 1 amide bonds. The molecule has 2 unspecified atom stereocenters. The van der Waals surface area contributed by atoms with Crippen molar-refractivity contribution in [2.45, 2.75) is 44.9 Å². The summed E-state index contributed by atoms with van der Waals surface area (Å²) in [6.07, 6.45) is 6.68. The number of aromatic nitrogens is 1. The van der Waals surface area contributed by atoms with Gasteiger partial charge in [0.25, 0.3) is 0 Å². The van der Waals surface area contributed by atoms with Crippen molar-refractivity contribution < 1.29 is 14.3 Å². The second-order valence-corrected chi connectivity index (χ2v) is 7.19. The number of carbonyl (C=O) groups is 1. The fourth-order valence-corrected chi connectivity index (χ4v) is 4.07. The van der Waals surface area contributed by atoms with Crippen molar-refractivity contribution in [3.05, 3.63) is 65.4 Å². The van der Waals surface area contributed by atoms with Crippen LogP contribution >= 0.6 is 0 Å². The van der Waals surface area contributed by atoms with E-state index in [1.807, 2.05) is 48.4 Å². The molecule has 1 aromatic heterocycles. The maximum atomic E-state index is 12.7. The van der Waals surface area contributed by atoms with Gasteiger partial charge in [0, 0.05) is 17.8 Å². The summed E-state index contributed by atoms with van der Waals surface area (Å²) in [7, 11) is 1.63. The zero-order valence-corrected chi connectivity index (χ0v) is 15.7. The number of aryl methyl sites for hydroxylation is 1. The number of ether oxygens (including phenoxy) is 2. The average Bonchev–Trinajstić information content (AvgIpc) is 2.96. The van der Waals surface area contributed by atoms with Crippen LogP contribution in [-0.2, 0) is 11.3 Å². The molecule has 2 atom stereocenters. The summed E-state index contributed by atoms with van der Waals surface area (Å²) in [5, 5.41) is 0. The highest BCUT2D eigenvalue weighted by Crippen LogP contribution is 2.39. The number of amides is 1. The van der Waals surface area contributed by atoms with Gasteiger partial charge in [-0.25, -0.2) is 9.78 Å². The van der Waals surface area contributed by atoms with Crippen LogP contribution in [0.15, 0.2) is 48.7 Å². The summed E-state index contributed by atoms with van der Waals surface area (Å²) in [4.78, 5) is 19.0. The smallest absolute Gasteiger partial charge is 0.410 e. The molecule has 1 aromatic carbocycles. The van der Waals surface area contributed by atoms with Gasteiger partial charge in [-0.15, -0.1) is 0 Å². The van der Waals surface area contributed by atoms with Crippen molar-refractivity contribution in [2.75, 3.05) is 7.11 Å². The number of pyridine rings is 1. The summed E-state index contributed by atoms with van der Waals surface area (Å²) in [6, 6.07) is 12.2. The van der Waals surface area contributed by atoms with E-state index >= 15 is 0 Å². The lowest BCUT2D eigenvalue weighted by molar-refractivity contribution is 0.0832. The van der Waals surface area contributed by atoms with Crippen molar-refractivity contribution in [3.63, 3.8) is 0 Å². The van der Waals surface area contributed by atoms with Crippen LogP contribution < -0.4 is 4.74 Å². The lowest BCUT2D eigenvalue weighted by Gasteiger charge is -2.33. The van der Waals surface area contributed by atoms with Gasteiger partial charge in [0.2, 0.25) is 5.88 Å². The maximum absolute atomic E-state index is 12.7. The highest BCUT2D eigenvalue weighted by Gasteiger charge is 2.40. The van der Waals surface area contributed by atoms with E-state index in [9.17, 15) is 4.79 Å². The minimum atomic E-state index is -0.217. The van der Waals surface area contributed by atoms with E-state index < -0.39 is 0 Å². The molecule has 2 aliphatic rings. The lowest BCUT2D eigenvalue weighted by atomic mass is 9.95. The van der Waals surface area contributed by atoms with Gasteiger partial charge in [-0.2, -0.15) is 0 Å². The molecule has 4 rings (SSSR count). The highest BCUT2D eigenvalue weighted by molar-refractivity contribution is 5.75. The summed E-state index contributed by atoms with van der Waals surface area (Å²) < 4.78 is 10.8. The van der Waals surface area contributed by atoms with Crippen LogP contribution in [0.25, 0.3) is 5.57 Å². The molecule has 3 heterocycles. The van der Waals surface area contributed by atoms with Gasteiger partial charge in [-0.1, -0.05) is 36.4 Å². The lowest BCUT2D eigenvalue weighted by Crippen LogP contribution is -2.43. The predicted octanol–water partition coefficient (Wildman–Crippen LogP) is 4.36. The van der Waals surface area contributed by atoms with Gasteiger partial charge in [0.05, 0.1) is 13.2 Å². The Morgan fingerprint density at radius 2 is 2.07 bits per heavy atom. The van der Waals surface area contributed by atoms with Gasteiger partial charge < -0.3 is 9.47 Å². The largest absolute Gasteiger partial charge is 0.481 e. The third-order valence-corrected chi connectivity index (χ3v) is 5.41. The van der Waals surface area contributed by atoms with E-state index in [-0.39, 0.29) is 18.2 Å². The number of methoxy groups -OCH3 is 1. The second-order valence-electron chi connectivity index (χ2n) is 7.19. The Balaban J connectivity index is 1.47. The van der Waals surface area contributed by atoms with Crippen molar-refractivity contribution in [1.82, 2.24) is 9.88 Å². The molecule has 5 nitrogen and oxygen atoms in total. The Morgan fingerprint density at radius 1 is 1.26 bits per heavy atom. The number of fused-ring (bicyclic) bond motifs is 2. The van der Waals surface area contributed by atoms with Crippen LogP contribution in [0.5, 0.6) is 5.88 Å². The van der Waals surface area contributed by atoms with Gasteiger partial charge in [0.1, 0.15) is 6.61 Å². The first-order chi connectivity index (χ1) is 13.2. The SMILES string of the molecule is COc1ncc(C2=CC3CCC(C2)N3C(=O)OCc2ccccc2)cc1C. The minimum Gasteiger partial charge on any atom is -0.481 e. The van der Waals surface area contributed by atoms with E-state index in [2.05, 4.69) is 17.1 Å². The number of carbonyl (C=O) groups excluding carboxylic acids is 1. The van der Waals surface area contributed by atoms with Gasteiger partial charge >= 0.3 is 6.09 Å². The normalized spacial score (nSPS) is 21.0. The molecule has 0 aliphatic carbocycles. The number of nitrogens with zero attached hydrogens (tertiary/aromatic N) is 2. The van der Waals surface area contributed by atoms with E-state index in [1.165, 1.54) is 5.57 Å². The van der Waals surface area contributed by atoms with Crippen molar-refractivity contribution >= 4 is 11.7 Å². The molecule has 27 heavy (non-hydrogen) atoms. The molecule has 0 N–H and O–H groups in total. The molecule has 2 aromatic rings. The number of rotatable bonds is 4. The Labute approximate surface area is 159 Å². The van der Waals surface area contributed by atoms with Gasteiger partial charge in [0.15, 0.2) is 0 Å². The summed E-state index contributed by atoms with van der Waals surface area (Å²) in [5.41, 5.74) is 4.40. The Hall–Kier alpha value is -2.82. The summed E-state index contributed by atoms with van der Waals surface area (Å²) in [6.45, 7) is 2.31. The topological polar surface area (TPSA) is 51.7 Å². The number of hydrogen-bond donors (Lipinski definition) is 0. The Kier molecular flexibility index (Phi) is 4.84. The van der Waals surface area contributed by atoms with Crippen LogP contribution in [0.3, 0.4) is 0 Å². The maximum Gasteiger partial charge on any atom is 0.410 e. The third kappa shape index (κ3) is 3.54. The molecular formula is C22H24N2O3. The fraction of sp³-hybridized carbons (Fsp3) is 0.364. The first-order valence-corrected chi connectivity index (χ1v) is 9.36. The molecular weight excluding hydrogens is 340 g/mol. The third-order valence-electron chi connectivity index (χ3n) is 5.41.